The van der Waals surface area contributed by atoms with Gasteiger partial charge in [0.2, 0.25) is 5.91 Å². The molecule has 0 radical (unpaired) electrons. The molecule has 1 aromatic rings. The average molecular weight is 301 g/mol. The summed E-state index contributed by atoms with van der Waals surface area (Å²) in [6, 6.07) is 1.37. The van der Waals surface area contributed by atoms with Gasteiger partial charge in [-0.15, -0.1) is 0 Å². The minimum Gasteiger partial charge on any atom is -0.339 e. The van der Waals surface area contributed by atoms with Crippen LogP contribution in [0.3, 0.4) is 0 Å². The van der Waals surface area contributed by atoms with E-state index in [1.807, 2.05) is 0 Å². The maximum Gasteiger partial charge on any atom is 0.222 e. The Balaban J connectivity index is 1.84. The van der Waals surface area contributed by atoms with Crippen LogP contribution in [0.5, 0.6) is 0 Å². The van der Waals surface area contributed by atoms with Crippen molar-refractivity contribution in [3.05, 3.63) is 35.1 Å². The first-order chi connectivity index (χ1) is 9.97. The smallest absolute Gasteiger partial charge is 0.222 e. The topological polar surface area (TPSA) is 58.4 Å². The minimum absolute atomic E-state index is 0.0602. The maximum absolute atomic E-state index is 13.4. The molecule has 1 atom stereocenters. The summed E-state index contributed by atoms with van der Waals surface area (Å²) in [7, 11) is 0. The van der Waals surface area contributed by atoms with Crippen LogP contribution in [-0.2, 0) is 11.2 Å². The summed E-state index contributed by atoms with van der Waals surface area (Å²) in [4.78, 5) is 13.6. The molecule has 3 N–H and O–H groups in total. The van der Waals surface area contributed by atoms with Crippen molar-refractivity contribution in [3.8, 4) is 0 Å². The molecule has 0 spiro atoms. The zero-order chi connectivity index (χ0) is 15.4. The number of aryl methyl sites for hydroxylation is 1. The van der Waals surface area contributed by atoms with Gasteiger partial charge in [0.15, 0.2) is 11.6 Å². The minimum atomic E-state index is -1.21. The number of nitrogens with two attached hydrogens (primary N) is 1. The normalized spacial score (nSPS) is 18.9. The summed E-state index contributed by atoms with van der Waals surface area (Å²) in [6.07, 6.45) is 0.560. The zero-order valence-electron chi connectivity index (χ0n) is 11.5. The van der Waals surface area contributed by atoms with Crippen LogP contribution in [0.1, 0.15) is 18.4 Å². The van der Waals surface area contributed by atoms with Crippen LogP contribution in [0.2, 0.25) is 0 Å². The van der Waals surface area contributed by atoms with Crippen molar-refractivity contribution in [3.63, 3.8) is 0 Å². The van der Waals surface area contributed by atoms with Crippen LogP contribution in [0.25, 0.3) is 0 Å². The number of carbonyl (C=O) groups is 1. The maximum atomic E-state index is 13.4. The first kappa shape index (κ1) is 15.8. The Kier molecular flexibility index (Phi) is 5.19. The van der Waals surface area contributed by atoms with E-state index in [9.17, 15) is 18.0 Å². The van der Waals surface area contributed by atoms with Gasteiger partial charge in [-0.3, -0.25) is 10.1 Å². The first-order valence-electron chi connectivity index (χ1n) is 6.87. The number of piperazine rings is 1. The number of halogens is 3. The number of amides is 1. The Bertz CT molecular complexity index is 524. The van der Waals surface area contributed by atoms with Crippen LogP contribution >= 0.6 is 0 Å². The molecule has 4 nitrogen and oxygen atoms in total. The monoisotopic (exact) mass is 301 g/mol. The molecule has 0 unspecified atom stereocenters. The second-order valence-corrected chi connectivity index (χ2v) is 5.11. The highest BCUT2D eigenvalue weighted by atomic mass is 19.2. The molecule has 1 saturated heterocycles. The molecular weight excluding hydrogens is 283 g/mol. The first-order valence-corrected chi connectivity index (χ1v) is 6.87. The van der Waals surface area contributed by atoms with E-state index in [1.54, 1.807) is 4.90 Å². The van der Waals surface area contributed by atoms with Crippen molar-refractivity contribution >= 4 is 5.91 Å². The van der Waals surface area contributed by atoms with Crippen LogP contribution < -0.4 is 11.1 Å². The molecule has 21 heavy (non-hydrogen) atoms. The van der Waals surface area contributed by atoms with Crippen molar-refractivity contribution in [2.75, 3.05) is 19.6 Å². The van der Waals surface area contributed by atoms with Crippen LogP contribution in [0.4, 0.5) is 13.2 Å². The molecule has 1 aromatic carbocycles. The number of carbonyl (C=O) groups excluding carboxylic acids is 1. The Labute approximate surface area is 121 Å². The highest BCUT2D eigenvalue weighted by Gasteiger charge is 2.20. The average Bonchev–Trinajstić information content (AvgIpc) is 2.44. The fourth-order valence-corrected chi connectivity index (χ4v) is 2.35. The lowest BCUT2D eigenvalue weighted by Crippen LogP contribution is -2.56. The Morgan fingerprint density at radius 3 is 2.71 bits per heavy atom. The summed E-state index contributed by atoms with van der Waals surface area (Å²) in [5.41, 5.74) is 5.78. The van der Waals surface area contributed by atoms with Crippen LogP contribution in [-0.4, -0.2) is 36.6 Å². The van der Waals surface area contributed by atoms with E-state index in [2.05, 4.69) is 5.32 Å². The van der Waals surface area contributed by atoms with Gasteiger partial charge in [0.25, 0.3) is 0 Å². The number of rotatable bonds is 4. The number of benzene rings is 1. The largest absolute Gasteiger partial charge is 0.339 e. The van der Waals surface area contributed by atoms with Gasteiger partial charge in [-0.2, -0.15) is 0 Å². The molecule has 0 bridgehead atoms. The van der Waals surface area contributed by atoms with Crippen molar-refractivity contribution < 1.29 is 18.0 Å². The molecule has 116 valence electrons. The molecule has 1 amide bonds. The molecular formula is C14H18F3N3O. The van der Waals surface area contributed by atoms with Crippen molar-refractivity contribution in [1.82, 2.24) is 10.2 Å². The SMILES string of the molecule is N[C@H]1CN(C(=O)CCCc2cc(F)c(F)cc2F)CCN1. The Morgan fingerprint density at radius 2 is 2.00 bits per heavy atom. The third-order valence-corrected chi connectivity index (χ3v) is 3.48. The summed E-state index contributed by atoms with van der Waals surface area (Å²) < 4.78 is 39.3. The predicted molar refractivity (Wildman–Crippen MR) is 71.8 cm³/mol. The summed E-state index contributed by atoms with van der Waals surface area (Å²) in [5.74, 6) is -3.13. The highest BCUT2D eigenvalue weighted by molar-refractivity contribution is 5.76. The van der Waals surface area contributed by atoms with Gasteiger partial charge in [-0.1, -0.05) is 0 Å². The van der Waals surface area contributed by atoms with Gasteiger partial charge in [0.05, 0.1) is 6.17 Å². The van der Waals surface area contributed by atoms with Gasteiger partial charge in [0.1, 0.15) is 5.82 Å². The highest BCUT2D eigenvalue weighted by Crippen LogP contribution is 2.16. The van der Waals surface area contributed by atoms with E-state index in [4.69, 9.17) is 5.73 Å². The number of nitrogens with zero attached hydrogens (tertiary/aromatic N) is 1. The quantitative estimate of drug-likeness (QED) is 0.820. The molecule has 1 heterocycles. The van der Waals surface area contributed by atoms with Crippen molar-refractivity contribution in [1.29, 1.82) is 0 Å². The Morgan fingerprint density at radius 1 is 1.29 bits per heavy atom. The summed E-state index contributed by atoms with van der Waals surface area (Å²) >= 11 is 0. The van der Waals surface area contributed by atoms with Crippen molar-refractivity contribution in [2.45, 2.75) is 25.4 Å². The molecule has 1 aliphatic rings. The summed E-state index contributed by atoms with van der Waals surface area (Å²) in [6.45, 7) is 1.68. The molecule has 2 rings (SSSR count). The van der Waals surface area contributed by atoms with Crippen LogP contribution in [0.15, 0.2) is 12.1 Å². The fourth-order valence-electron chi connectivity index (χ4n) is 2.35. The number of hydrogen-bond acceptors (Lipinski definition) is 3. The third kappa shape index (κ3) is 4.18. The molecule has 1 aliphatic heterocycles. The lowest BCUT2D eigenvalue weighted by molar-refractivity contribution is -0.132. The van der Waals surface area contributed by atoms with Gasteiger partial charge in [-0.25, -0.2) is 13.2 Å². The predicted octanol–water partition coefficient (Wildman–Crippen LogP) is 1.14. The molecule has 0 saturated carbocycles. The van der Waals surface area contributed by atoms with Gasteiger partial charge in [-0.05, 0) is 24.5 Å². The fraction of sp³-hybridized carbons (Fsp3) is 0.500. The second-order valence-electron chi connectivity index (χ2n) is 5.11. The molecule has 0 aromatic heterocycles. The molecule has 1 fully saturated rings. The van der Waals surface area contributed by atoms with Gasteiger partial charge < -0.3 is 10.6 Å². The standard InChI is InChI=1S/C14H18F3N3O/c15-10-7-12(17)11(16)6-9(10)2-1-3-14(21)20-5-4-19-13(18)8-20/h6-7,13,19H,1-5,8,18H2/t13-/m1/s1. The van der Waals surface area contributed by atoms with E-state index < -0.39 is 17.5 Å². The Hall–Kier alpha value is -1.60. The van der Waals surface area contributed by atoms with Crippen molar-refractivity contribution in [2.24, 2.45) is 5.73 Å². The lowest BCUT2D eigenvalue weighted by Gasteiger charge is -2.31. The molecule has 7 heteroatoms. The number of hydrogen-bond donors (Lipinski definition) is 2. The zero-order valence-corrected chi connectivity index (χ0v) is 11.5. The lowest BCUT2D eigenvalue weighted by atomic mass is 10.1. The van der Waals surface area contributed by atoms with E-state index in [0.29, 0.717) is 32.1 Å². The number of nitrogens with one attached hydrogen (secondary N) is 1. The van der Waals surface area contributed by atoms with Gasteiger partial charge >= 0.3 is 0 Å². The second kappa shape index (κ2) is 6.91. The third-order valence-electron chi connectivity index (χ3n) is 3.48. The molecule has 0 aliphatic carbocycles. The van der Waals surface area contributed by atoms with E-state index in [-0.39, 0.29) is 30.5 Å². The van der Waals surface area contributed by atoms with E-state index in [0.717, 1.165) is 6.07 Å². The van der Waals surface area contributed by atoms with Crippen LogP contribution in [0, 0.1) is 17.5 Å². The van der Waals surface area contributed by atoms with E-state index in [1.165, 1.54) is 0 Å². The summed E-state index contributed by atoms with van der Waals surface area (Å²) in [5, 5.41) is 3.02. The van der Waals surface area contributed by atoms with E-state index >= 15 is 0 Å². The van der Waals surface area contributed by atoms with Gasteiger partial charge in [0, 0.05) is 32.1 Å².